The number of nitrogens with zero attached hydrogens (tertiary/aromatic N) is 4. The van der Waals surface area contributed by atoms with Gasteiger partial charge in [-0.25, -0.2) is 9.37 Å². The van der Waals surface area contributed by atoms with Crippen LogP contribution in [-0.2, 0) is 51.8 Å². The molecule has 0 unspecified atom stereocenters. The van der Waals surface area contributed by atoms with Crippen LogP contribution in [0.4, 0.5) is 17.1 Å². The summed E-state index contributed by atoms with van der Waals surface area (Å²) in [4.78, 5) is 42.7. The number of nitrogens with one attached hydrogen (secondary N) is 1. The molecule has 27 heteroatoms. The van der Waals surface area contributed by atoms with Crippen LogP contribution < -0.4 is 35.0 Å². The van der Waals surface area contributed by atoms with Gasteiger partial charge in [-0.05, 0) is 142 Å². The third-order valence-electron chi connectivity index (χ3n) is 17.0. The lowest BCUT2D eigenvalue weighted by atomic mass is 9.83. The fourth-order valence-corrected chi connectivity index (χ4v) is 14.3. The molecule has 0 aliphatic carbocycles. The number of ether oxygens (including phenoxy) is 1. The van der Waals surface area contributed by atoms with Crippen LogP contribution in [0.15, 0.2) is 120 Å². The van der Waals surface area contributed by atoms with Crippen molar-refractivity contribution in [3.8, 4) is 11.5 Å². The highest BCUT2D eigenvalue weighted by Gasteiger charge is 2.38. The zero-order chi connectivity index (χ0) is 68.7. The minimum absolute atomic E-state index is 0.00967. The molecule has 5 aromatic carbocycles. The molecule has 5 aromatic rings. The maximum absolute atomic E-state index is 14.5. The lowest BCUT2D eigenvalue weighted by Crippen LogP contribution is -2.47. The number of carboxylic acids is 2. The van der Waals surface area contributed by atoms with Crippen molar-refractivity contribution in [3.05, 3.63) is 176 Å². The van der Waals surface area contributed by atoms with Crippen LogP contribution in [0.5, 0.6) is 11.5 Å². The number of anilines is 2. The number of unbranched alkanes of at least 4 members (excludes halogenated alkanes) is 2. The number of fused-ring (bicyclic) bond motifs is 4. The number of aliphatic carboxylic acids is 1. The SMILES string of the molecule is C\C(=C/C=C/C(C)=[N+](\CCCS(=O)(=O)O)c1ccc(CNC(=O)c2ccc(C(=O)O)c(C3=c4cc5c(cc4Oc4cc6c(cc43)C(CS(=O)(=O)O)=CC(C)(C)N6C)=[N+](C)C(C)(C)C=C5CS(=O)(=O)O)c2)cc1C)N(CCCCCC(=O)O)c1ccc(S(=O)(=O)O)cc1C. The van der Waals surface area contributed by atoms with E-state index in [-0.39, 0.29) is 86.5 Å². The fraction of sp³-hybridized carbons (Fsp3) is 0.348. The summed E-state index contributed by atoms with van der Waals surface area (Å²) in [5, 5.41) is 23.8. The van der Waals surface area contributed by atoms with Crippen LogP contribution in [0.25, 0.3) is 16.7 Å². The second-order valence-electron chi connectivity index (χ2n) is 24.7. The Labute approximate surface area is 541 Å². The predicted octanol–water partition coefficient (Wildman–Crippen LogP) is 8.21. The lowest BCUT2D eigenvalue weighted by molar-refractivity contribution is -0.440. The Morgan fingerprint density at radius 1 is 0.720 bits per heavy atom. The van der Waals surface area contributed by atoms with Crippen LogP contribution >= 0.6 is 0 Å². The van der Waals surface area contributed by atoms with Crippen molar-refractivity contribution in [2.75, 3.05) is 54.2 Å². The number of aryl methyl sites for hydroxylation is 2. The normalized spacial score (nSPS) is 15.7. The van der Waals surface area contributed by atoms with Crippen molar-refractivity contribution >= 4 is 97.8 Å². The summed E-state index contributed by atoms with van der Waals surface area (Å²) in [5.41, 5.74) is 5.12. The zero-order valence-corrected chi connectivity index (χ0v) is 56.4. The molecule has 0 aromatic heterocycles. The van der Waals surface area contributed by atoms with E-state index < -0.39 is 86.7 Å². The molecule has 3 aliphatic heterocycles. The van der Waals surface area contributed by atoms with Gasteiger partial charge in [-0.1, -0.05) is 24.6 Å². The van der Waals surface area contributed by atoms with Gasteiger partial charge in [0.25, 0.3) is 46.4 Å². The van der Waals surface area contributed by atoms with Crippen molar-refractivity contribution in [1.82, 2.24) is 9.89 Å². The Kier molecular flexibility index (Phi) is 20.6. The Hall–Kier alpha value is -8.15. The number of hydrogen-bond donors (Lipinski definition) is 7. The molecule has 0 saturated heterocycles. The van der Waals surface area contributed by atoms with Gasteiger partial charge in [0.1, 0.15) is 36.6 Å². The van der Waals surface area contributed by atoms with Gasteiger partial charge in [-0.3, -0.25) is 27.8 Å². The van der Waals surface area contributed by atoms with E-state index in [1.807, 2.05) is 79.6 Å². The van der Waals surface area contributed by atoms with E-state index >= 15 is 0 Å². The van der Waals surface area contributed by atoms with E-state index in [1.165, 1.54) is 30.3 Å². The van der Waals surface area contributed by atoms with Crippen LogP contribution in [0.1, 0.15) is 133 Å². The van der Waals surface area contributed by atoms with E-state index in [0.717, 1.165) is 5.70 Å². The third kappa shape index (κ3) is 16.8. The summed E-state index contributed by atoms with van der Waals surface area (Å²) < 4.78 is 149. The minimum Gasteiger partial charge on any atom is -0.481 e. The number of aromatic carboxylic acids is 1. The van der Waals surface area contributed by atoms with Gasteiger partial charge in [-0.15, -0.1) is 0 Å². The first-order chi connectivity index (χ1) is 43.1. The number of carbonyl (C=O) groups is 3. The van der Waals surface area contributed by atoms with Crippen LogP contribution in [0.3, 0.4) is 0 Å². The third-order valence-corrected chi connectivity index (χ3v) is 20.0. The van der Waals surface area contributed by atoms with E-state index in [1.54, 1.807) is 87.8 Å². The van der Waals surface area contributed by atoms with Gasteiger partial charge in [0, 0.05) is 122 Å². The standard InChI is InChI=1S/C66H75N5O18S4/c1-40-28-44(19-23-55(40)71(26-15-27-90(77,78)79)43(4)17-14-16-42(3)70(25-13-11-12-18-61(72)73)56-24-21-48(29-41(56)2)93(86,87)88)37-67-63(74)45-20-22-49(64(75)76)52(30-45)62-53-31-50-46(38-91(80,81)82)35-65(5,6)68(9)57(50)33-59(53)89-60-34-58-51(32-54(60)62)47(39-92(83,84)85)36-66(7,8)69(58)10/h14,16-17,19-24,28-36H,11-13,15,18,25-27,37-39H2,1-10H3,(H5-2,67,72,73,74,75,76,77,78,79,80,81,82,83,84,85,86,87,88)/p+2. The van der Waals surface area contributed by atoms with Gasteiger partial charge >= 0.3 is 11.9 Å². The van der Waals surface area contributed by atoms with Gasteiger partial charge in [0.05, 0.1) is 33.4 Å². The molecule has 3 heterocycles. The van der Waals surface area contributed by atoms with Crippen molar-refractivity contribution in [2.45, 2.75) is 110 Å². The van der Waals surface area contributed by atoms with E-state index in [9.17, 15) is 71.4 Å². The summed E-state index contributed by atoms with van der Waals surface area (Å²) in [6, 6.07) is 20.3. The van der Waals surface area contributed by atoms with Crippen LogP contribution in [-0.4, -0.2) is 146 Å². The van der Waals surface area contributed by atoms with Crippen LogP contribution in [0.2, 0.25) is 0 Å². The van der Waals surface area contributed by atoms with Crippen molar-refractivity contribution < 1.29 is 85.8 Å². The van der Waals surface area contributed by atoms with E-state index in [4.69, 9.17) is 9.84 Å². The topological polar surface area (TPSA) is 343 Å². The smallest absolute Gasteiger partial charge is 0.336 e. The molecule has 3 aliphatic rings. The van der Waals surface area contributed by atoms with Crippen molar-refractivity contribution in [3.63, 3.8) is 0 Å². The fourth-order valence-electron chi connectivity index (χ4n) is 12.0. The van der Waals surface area contributed by atoms with E-state index in [2.05, 4.69) is 5.32 Å². The Balaban J connectivity index is 1.17. The molecule has 0 saturated carbocycles. The number of allylic oxidation sites excluding steroid dienone is 4. The molecule has 8 rings (SSSR count). The molecule has 7 N–H and O–H groups in total. The lowest BCUT2D eigenvalue weighted by Gasteiger charge is -2.41. The van der Waals surface area contributed by atoms with Crippen LogP contribution in [0, 0.1) is 13.8 Å². The van der Waals surface area contributed by atoms with Gasteiger partial charge < -0.3 is 30.1 Å². The highest BCUT2D eigenvalue weighted by atomic mass is 32.2. The molecule has 0 spiro atoms. The predicted molar refractivity (Wildman–Crippen MR) is 356 cm³/mol. The first-order valence-electron chi connectivity index (χ1n) is 29.6. The van der Waals surface area contributed by atoms with Gasteiger partial charge in [0.2, 0.25) is 11.0 Å². The number of amides is 1. The number of likely N-dealkylation sites (N-methyl/N-ethyl adjacent to an activating group) is 2. The summed E-state index contributed by atoms with van der Waals surface area (Å²) in [6.45, 7) is 15.2. The minimum atomic E-state index is -4.61. The molecule has 0 fully saturated rings. The highest BCUT2D eigenvalue weighted by molar-refractivity contribution is 7.86. The average molecular weight is 1360 g/mol. The Morgan fingerprint density at radius 2 is 1.40 bits per heavy atom. The second-order valence-corrected chi connectivity index (χ2v) is 30.6. The maximum Gasteiger partial charge on any atom is 0.336 e. The largest absolute Gasteiger partial charge is 0.481 e. The van der Waals surface area contributed by atoms with Crippen molar-refractivity contribution in [1.29, 1.82) is 0 Å². The Bertz CT molecular complexity index is 4720. The number of carboxylic acid groups (broad SMARTS) is 2. The molecule has 0 atom stereocenters. The van der Waals surface area contributed by atoms with Crippen molar-refractivity contribution in [2.24, 2.45) is 0 Å². The molecule has 496 valence electrons. The number of benzene rings is 5. The molecule has 1 amide bonds. The second kappa shape index (κ2) is 27.1. The highest BCUT2D eigenvalue weighted by Crippen LogP contribution is 2.47. The average Bonchev–Trinajstić information content (AvgIpc) is 0.719. The maximum atomic E-state index is 14.5. The summed E-state index contributed by atoms with van der Waals surface area (Å²) in [6.07, 6.45) is 10.5. The molecular formula is C66H77N5O18S4+2. The van der Waals surface area contributed by atoms with E-state index in [0.29, 0.717) is 81.8 Å². The zero-order valence-electron chi connectivity index (χ0n) is 53.2. The molecule has 0 radical (unpaired) electrons. The quantitative estimate of drug-likeness (QED) is 0.00933. The molecule has 93 heavy (non-hydrogen) atoms. The number of carbonyl (C=O) groups excluding carboxylic acids is 1. The molecule has 0 bridgehead atoms. The van der Waals surface area contributed by atoms with Gasteiger partial charge in [-0.2, -0.15) is 38.2 Å². The molecule has 23 nitrogen and oxygen atoms in total. The number of rotatable bonds is 25. The first-order valence-corrected chi connectivity index (χ1v) is 35.9. The first kappa shape index (κ1) is 70.7. The monoisotopic (exact) mass is 1360 g/mol. The summed E-state index contributed by atoms with van der Waals surface area (Å²) in [7, 11) is -14.4. The summed E-state index contributed by atoms with van der Waals surface area (Å²) in [5.74, 6) is -4.51. The van der Waals surface area contributed by atoms with Gasteiger partial charge in [0.15, 0.2) is 11.3 Å². The molecular weight excluding hydrogens is 1280 g/mol. The number of hydrogen-bond acceptors (Lipinski definition) is 14. The Morgan fingerprint density at radius 3 is 2.01 bits per heavy atom. The summed E-state index contributed by atoms with van der Waals surface area (Å²) >= 11 is 0.